The summed E-state index contributed by atoms with van der Waals surface area (Å²) in [5.41, 5.74) is 6.16. The zero-order valence-electron chi connectivity index (χ0n) is 10.7. The van der Waals surface area contributed by atoms with Crippen LogP contribution in [0.4, 0.5) is 0 Å². The SMILES string of the molecule is CC(=O)c1ccc(Oc2ccccc2C(N)=O)cc1Br. The van der Waals surface area contributed by atoms with Crippen LogP contribution in [0.1, 0.15) is 27.6 Å². The minimum atomic E-state index is -0.556. The van der Waals surface area contributed by atoms with Gasteiger partial charge in [0.15, 0.2) is 5.78 Å². The smallest absolute Gasteiger partial charge is 0.252 e. The lowest BCUT2D eigenvalue weighted by atomic mass is 10.1. The summed E-state index contributed by atoms with van der Waals surface area (Å²) >= 11 is 3.32. The molecule has 2 rings (SSSR count). The average Bonchev–Trinajstić information content (AvgIpc) is 2.38. The summed E-state index contributed by atoms with van der Waals surface area (Å²) in [6, 6.07) is 11.7. The Bertz CT molecular complexity index is 683. The van der Waals surface area contributed by atoms with Crippen LogP contribution >= 0.6 is 15.9 Å². The Morgan fingerprint density at radius 2 is 1.80 bits per heavy atom. The molecule has 0 heterocycles. The molecule has 0 fully saturated rings. The fraction of sp³-hybridized carbons (Fsp3) is 0.0667. The monoisotopic (exact) mass is 333 g/mol. The number of benzene rings is 2. The van der Waals surface area contributed by atoms with Gasteiger partial charge in [0.2, 0.25) is 0 Å². The number of primary amides is 1. The minimum Gasteiger partial charge on any atom is -0.456 e. The Morgan fingerprint density at radius 1 is 1.10 bits per heavy atom. The minimum absolute atomic E-state index is 0.0408. The van der Waals surface area contributed by atoms with Crippen molar-refractivity contribution in [2.24, 2.45) is 5.73 Å². The molecule has 5 heteroatoms. The molecule has 0 unspecified atom stereocenters. The third-order valence-electron chi connectivity index (χ3n) is 2.70. The summed E-state index contributed by atoms with van der Waals surface area (Å²) in [6.07, 6.45) is 0. The van der Waals surface area contributed by atoms with Crippen molar-refractivity contribution in [3.05, 3.63) is 58.1 Å². The van der Waals surface area contributed by atoms with Gasteiger partial charge in [-0.2, -0.15) is 0 Å². The largest absolute Gasteiger partial charge is 0.456 e. The van der Waals surface area contributed by atoms with E-state index in [9.17, 15) is 9.59 Å². The molecule has 102 valence electrons. The molecule has 0 aliphatic rings. The van der Waals surface area contributed by atoms with Crippen LogP contribution in [-0.4, -0.2) is 11.7 Å². The highest BCUT2D eigenvalue weighted by atomic mass is 79.9. The van der Waals surface area contributed by atoms with Crippen molar-refractivity contribution in [1.82, 2.24) is 0 Å². The Hall–Kier alpha value is -2.14. The summed E-state index contributed by atoms with van der Waals surface area (Å²) in [5, 5.41) is 0. The maximum atomic E-state index is 11.3. The Morgan fingerprint density at radius 3 is 2.40 bits per heavy atom. The van der Waals surface area contributed by atoms with Gasteiger partial charge >= 0.3 is 0 Å². The van der Waals surface area contributed by atoms with E-state index in [-0.39, 0.29) is 5.78 Å². The van der Waals surface area contributed by atoms with Crippen molar-refractivity contribution >= 4 is 27.6 Å². The van der Waals surface area contributed by atoms with Crippen molar-refractivity contribution in [2.45, 2.75) is 6.92 Å². The van der Waals surface area contributed by atoms with E-state index >= 15 is 0 Å². The van der Waals surface area contributed by atoms with Gasteiger partial charge in [0.1, 0.15) is 11.5 Å². The number of rotatable bonds is 4. The molecule has 1 amide bonds. The van der Waals surface area contributed by atoms with E-state index in [0.29, 0.717) is 27.1 Å². The normalized spacial score (nSPS) is 10.1. The van der Waals surface area contributed by atoms with Crippen molar-refractivity contribution in [3.63, 3.8) is 0 Å². The van der Waals surface area contributed by atoms with E-state index in [4.69, 9.17) is 10.5 Å². The highest BCUT2D eigenvalue weighted by Crippen LogP contribution is 2.29. The highest BCUT2D eigenvalue weighted by molar-refractivity contribution is 9.10. The standard InChI is InChI=1S/C15H12BrNO3/c1-9(18)11-7-6-10(8-13(11)16)20-14-5-3-2-4-12(14)15(17)19/h2-8H,1H3,(H2,17,19). The Labute approximate surface area is 124 Å². The molecule has 4 nitrogen and oxygen atoms in total. The number of carbonyl (C=O) groups is 2. The maximum absolute atomic E-state index is 11.3. The van der Waals surface area contributed by atoms with Gasteiger partial charge in [0, 0.05) is 10.0 Å². The molecular formula is C15H12BrNO3. The number of halogens is 1. The van der Waals surface area contributed by atoms with E-state index < -0.39 is 5.91 Å². The summed E-state index contributed by atoms with van der Waals surface area (Å²) in [7, 11) is 0. The number of Topliss-reactive ketones (excluding diaryl/α,β-unsaturated/α-hetero) is 1. The third kappa shape index (κ3) is 3.05. The van der Waals surface area contributed by atoms with E-state index in [1.54, 1.807) is 42.5 Å². The zero-order chi connectivity index (χ0) is 14.7. The number of hydrogen-bond acceptors (Lipinski definition) is 3. The number of amides is 1. The Kier molecular flexibility index (Phi) is 4.20. The molecule has 0 saturated carbocycles. The summed E-state index contributed by atoms with van der Waals surface area (Å²) < 4.78 is 6.28. The first-order valence-electron chi connectivity index (χ1n) is 5.86. The fourth-order valence-electron chi connectivity index (χ4n) is 1.73. The lowest BCUT2D eigenvalue weighted by Gasteiger charge is -2.10. The number of carbonyl (C=O) groups excluding carboxylic acids is 2. The molecule has 0 radical (unpaired) electrons. The predicted octanol–water partition coefficient (Wildman–Crippen LogP) is 3.54. The van der Waals surface area contributed by atoms with Gasteiger partial charge < -0.3 is 10.5 Å². The summed E-state index contributed by atoms with van der Waals surface area (Å²) in [6.45, 7) is 1.49. The number of ether oxygens (including phenoxy) is 1. The molecule has 0 saturated heterocycles. The number of nitrogens with two attached hydrogens (primary N) is 1. The van der Waals surface area contributed by atoms with Gasteiger partial charge in [-0.3, -0.25) is 9.59 Å². The number of hydrogen-bond donors (Lipinski definition) is 1. The summed E-state index contributed by atoms with van der Waals surface area (Å²) in [5.74, 6) is 0.291. The van der Waals surface area contributed by atoms with E-state index in [0.717, 1.165) is 0 Å². The molecule has 0 aromatic heterocycles. The molecule has 0 aliphatic carbocycles. The van der Waals surface area contributed by atoms with Gasteiger partial charge in [-0.1, -0.05) is 12.1 Å². The first-order valence-corrected chi connectivity index (χ1v) is 6.65. The lowest BCUT2D eigenvalue weighted by molar-refractivity contribution is 0.0994. The second kappa shape index (κ2) is 5.88. The zero-order valence-corrected chi connectivity index (χ0v) is 12.3. The topological polar surface area (TPSA) is 69.4 Å². The maximum Gasteiger partial charge on any atom is 0.252 e. The first-order chi connectivity index (χ1) is 9.49. The first kappa shape index (κ1) is 14.3. The van der Waals surface area contributed by atoms with E-state index in [2.05, 4.69) is 15.9 Å². The van der Waals surface area contributed by atoms with Gasteiger partial charge in [0.05, 0.1) is 5.56 Å². The molecule has 2 aromatic rings. The van der Waals surface area contributed by atoms with Crippen molar-refractivity contribution in [2.75, 3.05) is 0 Å². The predicted molar refractivity (Wildman–Crippen MR) is 79.2 cm³/mol. The van der Waals surface area contributed by atoms with Crippen LogP contribution in [-0.2, 0) is 0 Å². The second-order valence-corrected chi connectivity index (χ2v) is 5.01. The van der Waals surface area contributed by atoms with Crippen LogP contribution in [0.3, 0.4) is 0 Å². The molecule has 0 spiro atoms. The lowest BCUT2D eigenvalue weighted by Crippen LogP contribution is -2.12. The molecule has 0 bridgehead atoms. The molecule has 0 atom stereocenters. The van der Waals surface area contributed by atoms with Crippen LogP contribution in [0.5, 0.6) is 11.5 Å². The highest BCUT2D eigenvalue weighted by Gasteiger charge is 2.11. The van der Waals surface area contributed by atoms with Crippen molar-refractivity contribution in [3.8, 4) is 11.5 Å². The van der Waals surface area contributed by atoms with Crippen LogP contribution in [0.2, 0.25) is 0 Å². The fourth-order valence-corrected chi connectivity index (χ4v) is 2.37. The molecule has 0 aliphatic heterocycles. The number of para-hydroxylation sites is 1. The van der Waals surface area contributed by atoms with Crippen LogP contribution in [0, 0.1) is 0 Å². The van der Waals surface area contributed by atoms with Gasteiger partial charge in [-0.25, -0.2) is 0 Å². The van der Waals surface area contributed by atoms with Crippen molar-refractivity contribution in [1.29, 1.82) is 0 Å². The van der Waals surface area contributed by atoms with E-state index in [1.165, 1.54) is 6.92 Å². The molecule has 2 N–H and O–H groups in total. The molecular weight excluding hydrogens is 322 g/mol. The quantitative estimate of drug-likeness (QED) is 0.870. The van der Waals surface area contributed by atoms with Crippen LogP contribution in [0.25, 0.3) is 0 Å². The van der Waals surface area contributed by atoms with Gasteiger partial charge in [-0.15, -0.1) is 0 Å². The van der Waals surface area contributed by atoms with Gasteiger partial charge in [0.25, 0.3) is 5.91 Å². The number of ketones is 1. The molecule has 2 aromatic carbocycles. The van der Waals surface area contributed by atoms with Gasteiger partial charge in [-0.05, 0) is 53.2 Å². The van der Waals surface area contributed by atoms with E-state index in [1.807, 2.05) is 0 Å². The second-order valence-electron chi connectivity index (χ2n) is 4.16. The van der Waals surface area contributed by atoms with Crippen LogP contribution < -0.4 is 10.5 Å². The third-order valence-corrected chi connectivity index (χ3v) is 3.36. The van der Waals surface area contributed by atoms with Crippen molar-refractivity contribution < 1.29 is 14.3 Å². The van der Waals surface area contributed by atoms with Crippen LogP contribution in [0.15, 0.2) is 46.9 Å². The molecule has 20 heavy (non-hydrogen) atoms. The summed E-state index contributed by atoms with van der Waals surface area (Å²) in [4.78, 5) is 22.7. The average molecular weight is 334 g/mol. The Balaban J connectivity index is 2.34.